The Morgan fingerprint density at radius 1 is 1.67 bits per heavy atom. The van der Waals surface area contributed by atoms with Crippen molar-refractivity contribution in [2.24, 2.45) is 11.0 Å². The van der Waals surface area contributed by atoms with E-state index in [-0.39, 0.29) is 11.8 Å². The zero-order chi connectivity index (χ0) is 11.0. The summed E-state index contributed by atoms with van der Waals surface area (Å²) in [5, 5.41) is 4.34. The fraction of sp³-hybridized carbons (Fsp3) is 0.600. The van der Waals surface area contributed by atoms with E-state index in [9.17, 15) is 4.79 Å². The molecule has 2 rings (SSSR count). The molecule has 0 bridgehead atoms. The van der Waals surface area contributed by atoms with Crippen LogP contribution in [0.15, 0.2) is 16.4 Å². The van der Waals surface area contributed by atoms with Crippen molar-refractivity contribution in [1.82, 2.24) is 10.3 Å². The van der Waals surface area contributed by atoms with Crippen LogP contribution in [-0.2, 0) is 4.79 Å². The minimum Gasteiger partial charge on any atom is -0.313 e. The molecule has 2 atom stereocenters. The minimum absolute atomic E-state index is 0.174. The summed E-state index contributed by atoms with van der Waals surface area (Å²) < 4.78 is 0. The summed E-state index contributed by atoms with van der Waals surface area (Å²) in [6.07, 6.45) is 1.80. The van der Waals surface area contributed by atoms with Crippen molar-refractivity contribution < 1.29 is 4.79 Å². The van der Waals surface area contributed by atoms with Gasteiger partial charge in [0.1, 0.15) is 0 Å². The maximum atomic E-state index is 11.6. The van der Waals surface area contributed by atoms with Crippen molar-refractivity contribution in [1.29, 1.82) is 0 Å². The Morgan fingerprint density at radius 3 is 3.07 bits per heavy atom. The number of rotatable bonds is 2. The predicted molar refractivity (Wildman–Crippen MR) is 62.5 cm³/mol. The largest absolute Gasteiger partial charge is 0.313 e. The first-order valence-electron chi connectivity index (χ1n) is 5.01. The Kier molecular flexibility index (Phi) is 2.73. The Hall–Kier alpha value is -0.970. The van der Waals surface area contributed by atoms with Crippen LogP contribution >= 0.6 is 11.8 Å². The van der Waals surface area contributed by atoms with Gasteiger partial charge in [-0.3, -0.25) is 4.79 Å². The van der Waals surface area contributed by atoms with Gasteiger partial charge in [0.2, 0.25) is 5.91 Å². The fourth-order valence-corrected chi connectivity index (χ4v) is 3.34. The summed E-state index contributed by atoms with van der Waals surface area (Å²) in [7, 11) is 1.77. The number of fused-ring (bicyclic) bond motifs is 1. The molecule has 1 saturated heterocycles. The van der Waals surface area contributed by atoms with Crippen LogP contribution in [0.1, 0.15) is 13.8 Å². The predicted octanol–water partition coefficient (Wildman–Crippen LogP) is 1.02. The van der Waals surface area contributed by atoms with Crippen molar-refractivity contribution in [3.8, 4) is 0 Å². The molecular weight excluding hydrogens is 210 g/mol. The van der Waals surface area contributed by atoms with Crippen LogP contribution in [0.3, 0.4) is 0 Å². The average molecular weight is 225 g/mol. The summed E-state index contributed by atoms with van der Waals surface area (Å²) in [5.41, 5.74) is 4.91. The van der Waals surface area contributed by atoms with E-state index >= 15 is 0 Å². The van der Waals surface area contributed by atoms with Gasteiger partial charge in [0.25, 0.3) is 0 Å². The van der Waals surface area contributed by atoms with Crippen LogP contribution in [0.4, 0.5) is 0 Å². The summed E-state index contributed by atoms with van der Waals surface area (Å²) >= 11 is 1.82. The quantitative estimate of drug-likeness (QED) is 0.433. The number of nitrogens with zero attached hydrogens (tertiary/aromatic N) is 2. The van der Waals surface area contributed by atoms with Gasteiger partial charge in [0.05, 0.1) is 17.5 Å². The molecular formula is C10H15N3OS. The van der Waals surface area contributed by atoms with Crippen LogP contribution in [0.5, 0.6) is 0 Å². The van der Waals surface area contributed by atoms with Gasteiger partial charge in [-0.05, 0) is 6.92 Å². The van der Waals surface area contributed by atoms with Crippen molar-refractivity contribution in [2.75, 3.05) is 12.8 Å². The first-order chi connectivity index (χ1) is 7.16. The van der Waals surface area contributed by atoms with Gasteiger partial charge in [0.15, 0.2) is 0 Å². The van der Waals surface area contributed by atoms with Gasteiger partial charge < -0.3 is 10.3 Å². The summed E-state index contributed by atoms with van der Waals surface area (Å²) in [5.74, 6) is 1.35. The van der Waals surface area contributed by atoms with E-state index in [2.05, 4.69) is 10.5 Å². The maximum absolute atomic E-state index is 11.6. The average Bonchev–Trinajstić information content (AvgIpc) is 2.26. The lowest BCUT2D eigenvalue weighted by Gasteiger charge is -2.48. The number of β-lactam (4-membered cyclic amide) rings is 1. The second kappa shape index (κ2) is 3.89. The molecule has 82 valence electrons. The second-order valence-corrected chi connectivity index (χ2v) is 4.90. The molecule has 2 aliphatic heterocycles. The lowest BCUT2D eigenvalue weighted by atomic mass is 9.98. The van der Waals surface area contributed by atoms with E-state index in [1.807, 2.05) is 30.5 Å². The molecule has 0 saturated carbocycles. The molecule has 5 heteroatoms. The van der Waals surface area contributed by atoms with Crippen molar-refractivity contribution in [3.05, 3.63) is 11.3 Å². The summed E-state index contributed by atoms with van der Waals surface area (Å²) in [6.45, 7) is 3.99. The SMILES string of the molecule is CN/N=C\C1=C(C)N2C(=O)C(C)C2SC1. The second-order valence-electron chi connectivity index (χ2n) is 3.79. The molecule has 0 aromatic rings. The number of allylic oxidation sites excluding steroid dienone is 1. The molecule has 0 aliphatic carbocycles. The van der Waals surface area contributed by atoms with E-state index in [1.54, 1.807) is 13.3 Å². The number of hydrogen-bond donors (Lipinski definition) is 1. The van der Waals surface area contributed by atoms with Crippen molar-refractivity contribution in [3.63, 3.8) is 0 Å². The first-order valence-corrected chi connectivity index (χ1v) is 6.06. The monoisotopic (exact) mass is 225 g/mol. The third kappa shape index (κ3) is 1.55. The Balaban J connectivity index is 2.21. The standard InChI is InChI=1S/C10H15N3OS/c1-6-9(14)13-7(2)8(4-12-11-3)5-15-10(6)13/h4,6,10-11H,5H2,1-3H3/b12-4-. The zero-order valence-electron chi connectivity index (χ0n) is 9.15. The highest BCUT2D eigenvalue weighted by atomic mass is 32.2. The third-order valence-electron chi connectivity index (χ3n) is 2.89. The number of amides is 1. The molecule has 1 fully saturated rings. The topological polar surface area (TPSA) is 44.7 Å². The van der Waals surface area contributed by atoms with Crippen LogP contribution in [0.2, 0.25) is 0 Å². The number of thioether (sulfide) groups is 1. The van der Waals surface area contributed by atoms with Gasteiger partial charge >= 0.3 is 0 Å². The highest BCUT2D eigenvalue weighted by molar-refractivity contribution is 8.00. The molecule has 0 radical (unpaired) electrons. The minimum atomic E-state index is 0.174. The van der Waals surface area contributed by atoms with Gasteiger partial charge in [-0.15, -0.1) is 11.8 Å². The smallest absolute Gasteiger partial charge is 0.233 e. The highest BCUT2D eigenvalue weighted by Crippen LogP contribution is 2.42. The molecule has 0 aromatic heterocycles. The van der Waals surface area contributed by atoms with Crippen LogP contribution in [0, 0.1) is 5.92 Å². The normalized spacial score (nSPS) is 30.6. The number of carbonyl (C=O) groups is 1. The van der Waals surface area contributed by atoms with Gasteiger partial charge in [0, 0.05) is 24.1 Å². The molecule has 2 unspecified atom stereocenters. The molecule has 15 heavy (non-hydrogen) atoms. The molecule has 1 amide bonds. The van der Waals surface area contributed by atoms with Crippen molar-refractivity contribution in [2.45, 2.75) is 19.2 Å². The van der Waals surface area contributed by atoms with Crippen LogP contribution in [-0.4, -0.2) is 35.2 Å². The van der Waals surface area contributed by atoms with Gasteiger partial charge in [-0.25, -0.2) is 0 Å². The van der Waals surface area contributed by atoms with E-state index in [1.165, 1.54) is 0 Å². The number of hydrogen-bond acceptors (Lipinski definition) is 4. The summed E-state index contributed by atoms with van der Waals surface area (Å²) in [4.78, 5) is 13.5. The summed E-state index contributed by atoms with van der Waals surface area (Å²) in [6, 6.07) is 0. The lowest BCUT2D eigenvalue weighted by Crippen LogP contribution is -2.58. The molecule has 2 aliphatic rings. The van der Waals surface area contributed by atoms with Crippen molar-refractivity contribution >= 4 is 23.9 Å². The maximum Gasteiger partial charge on any atom is 0.233 e. The number of hydrazone groups is 1. The zero-order valence-corrected chi connectivity index (χ0v) is 9.97. The number of carbonyl (C=O) groups excluding carboxylic acids is 1. The van der Waals surface area contributed by atoms with Crippen LogP contribution < -0.4 is 5.43 Å². The first kappa shape index (κ1) is 10.5. The van der Waals surface area contributed by atoms with Gasteiger partial charge in [-0.1, -0.05) is 6.92 Å². The van der Waals surface area contributed by atoms with E-state index in [0.717, 1.165) is 17.0 Å². The van der Waals surface area contributed by atoms with E-state index in [4.69, 9.17) is 0 Å². The Morgan fingerprint density at radius 2 is 2.40 bits per heavy atom. The Bertz CT molecular complexity index is 351. The molecule has 1 N–H and O–H groups in total. The van der Waals surface area contributed by atoms with Crippen LogP contribution in [0.25, 0.3) is 0 Å². The van der Waals surface area contributed by atoms with Gasteiger partial charge in [-0.2, -0.15) is 5.10 Å². The lowest BCUT2D eigenvalue weighted by molar-refractivity contribution is -0.145. The Labute approximate surface area is 93.8 Å². The molecule has 4 nitrogen and oxygen atoms in total. The molecule has 2 heterocycles. The van der Waals surface area contributed by atoms with E-state index in [0.29, 0.717) is 5.37 Å². The fourth-order valence-electron chi connectivity index (χ4n) is 1.89. The number of nitrogens with one attached hydrogen (secondary N) is 1. The van der Waals surface area contributed by atoms with E-state index < -0.39 is 0 Å². The third-order valence-corrected chi connectivity index (χ3v) is 4.33. The molecule has 0 aromatic carbocycles. The highest BCUT2D eigenvalue weighted by Gasteiger charge is 2.47. The molecule has 0 spiro atoms.